The van der Waals surface area contributed by atoms with Gasteiger partial charge in [0.1, 0.15) is 11.5 Å². The van der Waals surface area contributed by atoms with Crippen molar-refractivity contribution < 1.29 is 14.6 Å². The number of nitrogen functional groups attached to an aromatic ring is 1. The number of carbonyl (C=O) groups is 1. The van der Waals surface area contributed by atoms with Crippen LogP contribution in [0.3, 0.4) is 0 Å². The fourth-order valence-corrected chi connectivity index (χ4v) is 1.04. The van der Waals surface area contributed by atoms with Crippen LogP contribution in [0.15, 0.2) is 18.2 Å². The van der Waals surface area contributed by atoms with Crippen molar-refractivity contribution in [3.05, 3.63) is 23.8 Å². The summed E-state index contributed by atoms with van der Waals surface area (Å²) >= 11 is 0. The molecule has 0 aliphatic rings. The number of aromatic hydroxyl groups is 1. The predicted octanol–water partition coefficient (Wildman–Crippen LogP) is 0.394. The Morgan fingerprint density at radius 3 is 2.86 bits per heavy atom. The monoisotopic (exact) mass is 196 g/mol. The number of phenols is 1. The lowest BCUT2D eigenvalue weighted by atomic mass is 10.2. The highest BCUT2D eigenvalue weighted by atomic mass is 16.5. The minimum absolute atomic E-state index is 0.121. The number of hydrazine groups is 1. The quantitative estimate of drug-likeness (QED) is 0.371. The van der Waals surface area contributed by atoms with Crippen molar-refractivity contribution in [2.75, 3.05) is 6.61 Å². The van der Waals surface area contributed by atoms with Gasteiger partial charge in [0.05, 0.1) is 12.2 Å². The van der Waals surface area contributed by atoms with Crippen LogP contribution in [-0.2, 0) is 0 Å². The molecule has 0 unspecified atom stereocenters. The number of amides is 1. The summed E-state index contributed by atoms with van der Waals surface area (Å²) in [6, 6.07) is 4.41. The van der Waals surface area contributed by atoms with Gasteiger partial charge in [-0.3, -0.25) is 10.2 Å². The summed E-state index contributed by atoms with van der Waals surface area (Å²) in [6.07, 6.45) is 0. The molecule has 0 aromatic heterocycles. The fourth-order valence-electron chi connectivity index (χ4n) is 1.04. The molecule has 4 N–H and O–H groups in total. The van der Waals surface area contributed by atoms with Gasteiger partial charge in [-0.25, -0.2) is 5.84 Å². The summed E-state index contributed by atoms with van der Waals surface area (Å²) < 4.78 is 5.13. The zero-order valence-corrected chi connectivity index (χ0v) is 7.78. The van der Waals surface area contributed by atoms with Crippen LogP contribution in [-0.4, -0.2) is 17.6 Å². The summed E-state index contributed by atoms with van der Waals surface area (Å²) in [4.78, 5) is 11.1. The standard InChI is InChI=1S/C9H12N2O3/c1-2-14-6-3-4-7(8(12)5-6)9(13)11-10/h3-5,12H,2,10H2,1H3,(H,11,13). The SMILES string of the molecule is CCOc1ccc(C(=O)NN)c(O)c1. The Balaban J connectivity index is 2.95. The average Bonchev–Trinajstić information content (AvgIpc) is 2.17. The van der Waals surface area contributed by atoms with Crippen LogP contribution < -0.4 is 16.0 Å². The summed E-state index contributed by atoms with van der Waals surface area (Å²) in [7, 11) is 0. The van der Waals surface area contributed by atoms with Crippen LogP contribution in [0.5, 0.6) is 11.5 Å². The number of rotatable bonds is 3. The van der Waals surface area contributed by atoms with Gasteiger partial charge in [0, 0.05) is 6.07 Å². The Kier molecular flexibility index (Phi) is 3.30. The van der Waals surface area contributed by atoms with E-state index in [4.69, 9.17) is 10.6 Å². The van der Waals surface area contributed by atoms with Crippen molar-refractivity contribution in [3.8, 4) is 11.5 Å². The fraction of sp³-hybridized carbons (Fsp3) is 0.222. The Labute approximate surface area is 81.5 Å². The second-order valence-electron chi connectivity index (χ2n) is 2.59. The largest absolute Gasteiger partial charge is 0.507 e. The lowest BCUT2D eigenvalue weighted by Crippen LogP contribution is -2.29. The first kappa shape index (κ1) is 10.3. The molecular formula is C9H12N2O3. The van der Waals surface area contributed by atoms with Gasteiger partial charge in [0.2, 0.25) is 0 Å². The highest BCUT2D eigenvalue weighted by Gasteiger charge is 2.09. The Bertz CT molecular complexity index is 339. The molecule has 76 valence electrons. The second kappa shape index (κ2) is 4.48. The molecule has 5 nitrogen and oxygen atoms in total. The van der Waals surface area contributed by atoms with Crippen LogP contribution in [0.1, 0.15) is 17.3 Å². The van der Waals surface area contributed by atoms with Gasteiger partial charge < -0.3 is 9.84 Å². The van der Waals surface area contributed by atoms with Crippen LogP contribution in [0.4, 0.5) is 0 Å². The van der Waals surface area contributed by atoms with Gasteiger partial charge in [-0.2, -0.15) is 0 Å². The molecule has 0 aliphatic heterocycles. The van der Waals surface area contributed by atoms with E-state index in [-0.39, 0.29) is 11.3 Å². The van der Waals surface area contributed by atoms with Gasteiger partial charge in [-0.15, -0.1) is 0 Å². The molecule has 1 amide bonds. The van der Waals surface area contributed by atoms with Crippen LogP contribution in [0.2, 0.25) is 0 Å². The number of hydrogen-bond donors (Lipinski definition) is 3. The normalized spacial score (nSPS) is 9.57. The van der Waals surface area contributed by atoms with Crippen molar-refractivity contribution in [3.63, 3.8) is 0 Å². The van der Waals surface area contributed by atoms with E-state index in [1.54, 1.807) is 6.07 Å². The molecule has 0 atom stereocenters. The maximum atomic E-state index is 11.1. The number of carbonyl (C=O) groups excluding carboxylic acids is 1. The first-order valence-corrected chi connectivity index (χ1v) is 4.15. The minimum Gasteiger partial charge on any atom is -0.507 e. The number of ether oxygens (including phenoxy) is 1. The van der Waals surface area contributed by atoms with Gasteiger partial charge >= 0.3 is 0 Å². The Morgan fingerprint density at radius 1 is 1.64 bits per heavy atom. The zero-order chi connectivity index (χ0) is 10.6. The van der Waals surface area contributed by atoms with E-state index >= 15 is 0 Å². The molecule has 0 aliphatic carbocycles. The molecule has 14 heavy (non-hydrogen) atoms. The summed E-state index contributed by atoms with van der Waals surface area (Å²) in [5.41, 5.74) is 2.06. The number of nitrogens with one attached hydrogen (secondary N) is 1. The Hall–Kier alpha value is -1.75. The molecule has 0 heterocycles. The maximum Gasteiger partial charge on any atom is 0.268 e. The summed E-state index contributed by atoms with van der Waals surface area (Å²) in [5, 5.41) is 9.42. The van der Waals surface area contributed by atoms with E-state index in [0.29, 0.717) is 12.4 Å². The molecule has 1 aromatic rings. The Morgan fingerprint density at radius 2 is 2.36 bits per heavy atom. The molecule has 1 aromatic carbocycles. The lowest BCUT2D eigenvalue weighted by Gasteiger charge is -2.06. The van der Waals surface area contributed by atoms with Gasteiger partial charge in [-0.05, 0) is 19.1 Å². The number of phenolic OH excluding ortho intramolecular Hbond substituents is 1. The van der Waals surface area contributed by atoms with Crippen molar-refractivity contribution in [1.29, 1.82) is 0 Å². The van der Waals surface area contributed by atoms with Gasteiger partial charge in [0.15, 0.2) is 0 Å². The summed E-state index contributed by atoms with van der Waals surface area (Å²) in [6.45, 7) is 2.33. The van der Waals surface area contributed by atoms with Gasteiger partial charge in [0.25, 0.3) is 5.91 Å². The zero-order valence-electron chi connectivity index (χ0n) is 7.78. The minimum atomic E-state index is -0.537. The van der Waals surface area contributed by atoms with Crippen LogP contribution in [0.25, 0.3) is 0 Å². The van der Waals surface area contributed by atoms with Gasteiger partial charge in [-0.1, -0.05) is 0 Å². The van der Waals surface area contributed by atoms with E-state index in [1.165, 1.54) is 12.1 Å². The van der Waals surface area contributed by atoms with Crippen molar-refractivity contribution in [2.24, 2.45) is 5.84 Å². The third kappa shape index (κ3) is 2.14. The third-order valence-corrected chi connectivity index (χ3v) is 1.66. The smallest absolute Gasteiger partial charge is 0.268 e. The van der Waals surface area contributed by atoms with Crippen LogP contribution in [0, 0.1) is 0 Å². The molecule has 1 rings (SSSR count). The highest BCUT2D eigenvalue weighted by Crippen LogP contribution is 2.23. The number of hydrogen-bond acceptors (Lipinski definition) is 4. The van der Waals surface area contributed by atoms with E-state index in [1.807, 2.05) is 12.3 Å². The van der Waals surface area contributed by atoms with E-state index in [0.717, 1.165) is 0 Å². The lowest BCUT2D eigenvalue weighted by molar-refractivity contribution is 0.0951. The first-order chi connectivity index (χ1) is 6.69. The third-order valence-electron chi connectivity index (χ3n) is 1.66. The van der Waals surface area contributed by atoms with Crippen LogP contribution >= 0.6 is 0 Å². The molecule has 0 fully saturated rings. The van der Waals surface area contributed by atoms with E-state index in [9.17, 15) is 9.90 Å². The molecule has 0 saturated heterocycles. The topological polar surface area (TPSA) is 84.6 Å². The van der Waals surface area contributed by atoms with Crippen molar-refractivity contribution in [2.45, 2.75) is 6.92 Å². The molecule has 0 spiro atoms. The van der Waals surface area contributed by atoms with Crippen molar-refractivity contribution >= 4 is 5.91 Å². The van der Waals surface area contributed by atoms with E-state index < -0.39 is 5.91 Å². The van der Waals surface area contributed by atoms with E-state index in [2.05, 4.69) is 0 Å². The first-order valence-electron chi connectivity index (χ1n) is 4.15. The number of nitrogens with two attached hydrogens (primary N) is 1. The second-order valence-corrected chi connectivity index (χ2v) is 2.59. The predicted molar refractivity (Wildman–Crippen MR) is 50.9 cm³/mol. The summed E-state index contributed by atoms with van der Waals surface area (Å²) in [5.74, 6) is 4.75. The molecule has 0 radical (unpaired) electrons. The number of benzene rings is 1. The average molecular weight is 196 g/mol. The maximum absolute atomic E-state index is 11.1. The molecule has 5 heteroatoms. The van der Waals surface area contributed by atoms with Crippen molar-refractivity contribution in [1.82, 2.24) is 5.43 Å². The molecular weight excluding hydrogens is 184 g/mol. The molecule has 0 bridgehead atoms. The molecule has 0 saturated carbocycles. The highest BCUT2D eigenvalue weighted by molar-refractivity contribution is 5.96.